The molecule has 0 radical (unpaired) electrons. The monoisotopic (exact) mass is 354 g/mol. The Morgan fingerprint density at radius 3 is 2.46 bits per heavy atom. The van der Waals surface area contributed by atoms with Gasteiger partial charge in [-0.05, 0) is 44.8 Å². The lowest BCUT2D eigenvalue weighted by atomic mass is 9.87. The predicted molar refractivity (Wildman–Crippen MR) is 97.5 cm³/mol. The van der Waals surface area contributed by atoms with Gasteiger partial charge in [-0.25, -0.2) is 4.39 Å². The molecule has 3 atom stereocenters. The summed E-state index contributed by atoms with van der Waals surface area (Å²) in [5.74, 6) is -0.0843. The number of Topliss-reactive ketones (excluding diaryl/α,β-unsaturated/α-hetero) is 1. The first-order chi connectivity index (χ1) is 11.3. The van der Waals surface area contributed by atoms with E-state index in [0.29, 0.717) is 18.1 Å². The number of nitrogens with zero attached hydrogens (tertiary/aromatic N) is 2. The van der Waals surface area contributed by atoms with E-state index in [-0.39, 0.29) is 23.7 Å². The van der Waals surface area contributed by atoms with E-state index in [2.05, 4.69) is 4.90 Å². The number of carbonyl (C=O) groups is 1. The number of hydrogen-bond donors (Lipinski definition) is 0. The Morgan fingerprint density at radius 2 is 1.96 bits per heavy atom. The molecule has 0 N–H and O–H groups in total. The molecule has 1 aromatic rings. The Kier molecular flexibility index (Phi) is 6.79. The molecule has 0 aromatic heterocycles. The Balaban J connectivity index is 2.12. The van der Waals surface area contributed by atoms with Gasteiger partial charge in [0.05, 0.1) is 5.92 Å². The summed E-state index contributed by atoms with van der Waals surface area (Å²) < 4.78 is 14.4. The Bertz CT molecular complexity index is 547. The molecule has 5 heteroatoms. The largest absolute Gasteiger partial charge is 0.303 e. The molecule has 1 fully saturated rings. The van der Waals surface area contributed by atoms with Gasteiger partial charge in [-0.3, -0.25) is 9.69 Å². The molecule has 0 spiro atoms. The van der Waals surface area contributed by atoms with E-state index in [4.69, 9.17) is 11.6 Å². The van der Waals surface area contributed by atoms with Crippen LogP contribution in [-0.2, 0) is 4.79 Å². The van der Waals surface area contributed by atoms with Crippen molar-refractivity contribution in [1.82, 2.24) is 9.80 Å². The van der Waals surface area contributed by atoms with E-state index < -0.39 is 6.17 Å². The zero-order valence-electron chi connectivity index (χ0n) is 15.0. The SMILES string of the molecule is CC(C)C(=O)C(CN1CCC(N(C)C)[C@@H](F)C1)c1ccc(Cl)cc1. The highest BCUT2D eigenvalue weighted by Crippen LogP contribution is 2.26. The number of carbonyl (C=O) groups excluding carboxylic acids is 1. The maximum Gasteiger partial charge on any atom is 0.144 e. The number of rotatable bonds is 6. The quantitative estimate of drug-likeness (QED) is 0.779. The van der Waals surface area contributed by atoms with Gasteiger partial charge >= 0.3 is 0 Å². The minimum absolute atomic E-state index is 0.0315. The van der Waals surface area contributed by atoms with Crippen LogP contribution in [0.5, 0.6) is 0 Å². The first-order valence-corrected chi connectivity index (χ1v) is 8.99. The topological polar surface area (TPSA) is 23.6 Å². The van der Waals surface area contributed by atoms with Gasteiger partial charge in [-0.1, -0.05) is 37.6 Å². The van der Waals surface area contributed by atoms with Crippen LogP contribution in [0.1, 0.15) is 31.7 Å². The van der Waals surface area contributed by atoms with E-state index in [1.54, 1.807) is 0 Å². The average molecular weight is 355 g/mol. The number of piperidine rings is 1. The van der Waals surface area contributed by atoms with Crippen molar-refractivity contribution in [3.05, 3.63) is 34.9 Å². The van der Waals surface area contributed by atoms with E-state index in [1.807, 2.05) is 57.1 Å². The van der Waals surface area contributed by atoms with Crippen LogP contribution in [0.4, 0.5) is 4.39 Å². The van der Waals surface area contributed by atoms with Crippen molar-refractivity contribution in [3.63, 3.8) is 0 Å². The third-order valence-electron chi connectivity index (χ3n) is 4.88. The first kappa shape index (κ1) is 19.4. The summed E-state index contributed by atoms with van der Waals surface area (Å²) in [6, 6.07) is 7.41. The second kappa shape index (κ2) is 8.41. The second-order valence-corrected chi connectivity index (χ2v) is 7.69. The van der Waals surface area contributed by atoms with Crippen molar-refractivity contribution in [1.29, 1.82) is 0 Å². The molecule has 24 heavy (non-hydrogen) atoms. The smallest absolute Gasteiger partial charge is 0.144 e. The van der Waals surface area contributed by atoms with Crippen LogP contribution in [-0.4, -0.2) is 61.5 Å². The summed E-state index contributed by atoms with van der Waals surface area (Å²) in [6.45, 7) is 5.61. The van der Waals surface area contributed by atoms with Gasteiger partial charge in [0, 0.05) is 30.1 Å². The summed E-state index contributed by atoms with van der Waals surface area (Å²) in [5, 5.41) is 0.658. The minimum atomic E-state index is -0.881. The fraction of sp³-hybridized carbons (Fsp3) is 0.632. The molecule has 1 saturated heterocycles. The molecular formula is C19H28ClFN2O. The molecule has 1 aliphatic rings. The lowest BCUT2D eigenvalue weighted by Gasteiger charge is -2.39. The molecular weight excluding hydrogens is 327 g/mol. The predicted octanol–water partition coefficient (Wildman–Crippen LogP) is 3.62. The van der Waals surface area contributed by atoms with E-state index in [1.165, 1.54) is 0 Å². The number of ketones is 1. The number of halogens is 2. The molecule has 3 nitrogen and oxygen atoms in total. The average Bonchev–Trinajstić information content (AvgIpc) is 2.52. The number of benzene rings is 1. The maximum atomic E-state index is 14.4. The summed E-state index contributed by atoms with van der Waals surface area (Å²) in [4.78, 5) is 16.7. The van der Waals surface area contributed by atoms with Crippen LogP contribution in [0.15, 0.2) is 24.3 Å². The van der Waals surface area contributed by atoms with Crippen molar-refractivity contribution in [2.45, 2.75) is 38.4 Å². The second-order valence-electron chi connectivity index (χ2n) is 7.26. The summed E-state index contributed by atoms with van der Waals surface area (Å²) in [7, 11) is 3.84. The standard InChI is InChI=1S/C19H28ClFN2O/c1-13(2)19(24)16(14-5-7-15(20)8-6-14)11-23-10-9-18(22(3)4)17(21)12-23/h5-8,13,16-18H,9-12H2,1-4H3/t16?,17-,18?/m0/s1. The lowest BCUT2D eigenvalue weighted by molar-refractivity contribution is -0.124. The third-order valence-corrected chi connectivity index (χ3v) is 5.13. The maximum absolute atomic E-state index is 14.4. The van der Waals surface area contributed by atoms with E-state index >= 15 is 0 Å². The normalized spacial score (nSPS) is 23.7. The molecule has 1 aliphatic heterocycles. The van der Waals surface area contributed by atoms with Crippen molar-refractivity contribution >= 4 is 17.4 Å². The van der Waals surface area contributed by atoms with Crippen LogP contribution < -0.4 is 0 Å². The van der Waals surface area contributed by atoms with Crippen LogP contribution in [0.25, 0.3) is 0 Å². The van der Waals surface area contributed by atoms with Crippen molar-refractivity contribution < 1.29 is 9.18 Å². The van der Waals surface area contributed by atoms with Gasteiger partial charge < -0.3 is 4.90 Å². The van der Waals surface area contributed by atoms with Crippen molar-refractivity contribution in [3.8, 4) is 0 Å². The molecule has 2 unspecified atom stereocenters. The van der Waals surface area contributed by atoms with Crippen LogP contribution in [0, 0.1) is 5.92 Å². The van der Waals surface area contributed by atoms with Crippen LogP contribution in [0.2, 0.25) is 5.02 Å². The lowest BCUT2D eigenvalue weighted by Crippen LogP contribution is -2.51. The minimum Gasteiger partial charge on any atom is -0.303 e. The molecule has 134 valence electrons. The Labute approximate surface area is 149 Å². The zero-order chi connectivity index (χ0) is 17.9. The van der Waals surface area contributed by atoms with Crippen molar-refractivity contribution in [2.24, 2.45) is 5.92 Å². The fourth-order valence-corrected chi connectivity index (χ4v) is 3.54. The van der Waals surface area contributed by atoms with Gasteiger partial charge in [-0.2, -0.15) is 0 Å². The highest BCUT2D eigenvalue weighted by atomic mass is 35.5. The molecule has 1 aromatic carbocycles. The number of hydrogen-bond acceptors (Lipinski definition) is 3. The van der Waals surface area contributed by atoms with Crippen molar-refractivity contribution in [2.75, 3.05) is 33.7 Å². The Morgan fingerprint density at radius 1 is 1.33 bits per heavy atom. The summed E-state index contributed by atoms with van der Waals surface area (Å²) >= 11 is 5.97. The van der Waals surface area contributed by atoms with Gasteiger partial charge in [0.15, 0.2) is 0 Å². The number of likely N-dealkylation sites (tertiary alicyclic amines) is 1. The van der Waals surface area contributed by atoms with Gasteiger partial charge in [-0.15, -0.1) is 0 Å². The fourth-order valence-electron chi connectivity index (χ4n) is 3.42. The zero-order valence-corrected chi connectivity index (χ0v) is 15.8. The molecule has 0 saturated carbocycles. The van der Waals surface area contributed by atoms with Crippen LogP contribution >= 0.6 is 11.6 Å². The van der Waals surface area contributed by atoms with Gasteiger partial charge in [0.1, 0.15) is 12.0 Å². The van der Waals surface area contributed by atoms with E-state index in [0.717, 1.165) is 18.5 Å². The summed E-state index contributed by atoms with van der Waals surface area (Å²) in [6.07, 6.45) is -0.0917. The highest BCUT2D eigenvalue weighted by molar-refractivity contribution is 6.30. The summed E-state index contributed by atoms with van der Waals surface area (Å²) in [5.41, 5.74) is 0.961. The Hall–Kier alpha value is -0.970. The van der Waals surface area contributed by atoms with E-state index in [9.17, 15) is 9.18 Å². The van der Waals surface area contributed by atoms with Crippen LogP contribution in [0.3, 0.4) is 0 Å². The van der Waals surface area contributed by atoms with Gasteiger partial charge in [0.25, 0.3) is 0 Å². The van der Waals surface area contributed by atoms with Gasteiger partial charge in [0.2, 0.25) is 0 Å². The molecule has 0 aliphatic carbocycles. The number of alkyl halides is 1. The third kappa shape index (κ3) is 4.78. The first-order valence-electron chi connectivity index (χ1n) is 8.61. The molecule has 1 heterocycles. The molecule has 2 rings (SSSR count). The highest BCUT2D eigenvalue weighted by Gasteiger charge is 2.33. The molecule has 0 bridgehead atoms. The molecule has 0 amide bonds.